The summed E-state index contributed by atoms with van der Waals surface area (Å²) in [5.41, 5.74) is 0. The zero-order valence-electron chi connectivity index (χ0n) is 5.75. The van der Waals surface area contributed by atoms with Crippen LogP contribution in [0.4, 0.5) is 0 Å². The van der Waals surface area contributed by atoms with Gasteiger partial charge in [0.1, 0.15) is 0 Å². The lowest BCUT2D eigenvalue weighted by molar-refractivity contribution is -0.0819. The van der Waals surface area contributed by atoms with Gasteiger partial charge >= 0.3 is 0 Å². The van der Waals surface area contributed by atoms with E-state index in [0.717, 1.165) is 0 Å². The SMILES string of the molecule is O[C@@H]1C2NC([C@@H]1O)[C@H](O)[C@@H]2O. The Bertz CT molecular complexity index is 142. The monoisotopic (exact) mass is 161 g/mol. The number of fused-ring (bicyclic) bond motifs is 2. The maximum absolute atomic E-state index is 9.19. The van der Waals surface area contributed by atoms with Crippen molar-refractivity contribution in [3.63, 3.8) is 0 Å². The Balaban J connectivity index is 2.21. The predicted octanol–water partition coefficient (Wildman–Crippen LogP) is -3.22. The maximum Gasteiger partial charge on any atom is 0.0994 e. The van der Waals surface area contributed by atoms with E-state index < -0.39 is 36.5 Å². The number of hydrogen-bond acceptors (Lipinski definition) is 5. The van der Waals surface area contributed by atoms with Gasteiger partial charge in [0.2, 0.25) is 0 Å². The zero-order chi connectivity index (χ0) is 8.17. The van der Waals surface area contributed by atoms with Gasteiger partial charge in [-0.2, -0.15) is 0 Å². The number of hydrogen-bond donors (Lipinski definition) is 5. The molecule has 5 heteroatoms. The molecule has 0 aliphatic carbocycles. The van der Waals surface area contributed by atoms with Gasteiger partial charge in [-0.3, -0.25) is 0 Å². The summed E-state index contributed by atoms with van der Waals surface area (Å²) in [6, 6.07) is -1.16. The quantitative estimate of drug-likeness (QED) is 0.258. The van der Waals surface area contributed by atoms with E-state index in [0.29, 0.717) is 0 Å². The van der Waals surface area contributed by atoms with E-state index in [9.17, 15) is 20.4 Å². The molecular weight excluding hydrogens is 150 g/mol. The fourth-order valence-corrected chi connectivity index (χ4v) is 1.87. The first-order valence-electron chi connectivity index (χ1n) is 3.61. The average Bonchev–Trinajstić information content (AvgIpc) is 2.40. The summed E-state index contributed by atoms with van der Waals surface area (Å²) in [6.45, 7) is 0. The van der Waals surface area contributed by atoms with Crippen LogP contribution < -0.4 is 5.32 Å². The molecule has 2 aliphatic rings. The van der Waals surface area contributed by atoms with Crippen LogP contribution in [0, 0.1) is 0 Å². The fraction of sp³-hybridized carbons (Fsp3) is 1.00. The van der Waals surface area contributed by atoms with Crippen molar-refractivity contribution in [3.05, 3.63) is 0 Å². The van der Waals surface area contributed by atoms with Crippen LogP contribution in [0.2, 0.25) is 0 Å². The number of aliphatic hydroxyl groups excluding tert-OH is 4. The third-order valence-electron chi connectivity index (χ3n) is 2.56. The average molecular weight is 161 g/mol. The minimum absolute atomic E-state index is 0.579. The molecule has 4 atom stereocenters. The Hall–Kier alpha value is -0.200. The van der Waals surface area contributed by atoms with Crippen LogP contribution >= 0.6 is 0 Å². The van der Waals surface area contributed by atoms with Gasteiger partial charge in [0.15, 0.2) is 0 Å². The van der Waals surface area contributed by atoms with E-state index >= 15 is 0 Å². The highest BCUT2D eigenvalue weighted by Gasteiger charge is 2.56. The van der Waals surface area contributed by atoms with E-state index in [2.05, 4.69) is 5.32 Å². The van der Waals surface area contributed by atoms with Gasteiger partial charge in [-0.25, -0.2) is 0 Å². The lowest BCUT2D eigenvalue weighted by Gasteiger charge is -2.28. The van der Waals surface area contributed by atoms with Crippen LogP contribution in [-0.4, -0.2) is 56.9 Å². The first-order valence-corrected chi connectivity index (χ1v) is 3.61. The lowest BCUT2D eigenvalue weighted by atomic mass is 9.90. The third kappa shape index (κ3) is 0.771. The molecule has 2 bridgehead atoms. The third-order valence-corrected chi connectivity index (χ3v) is 2.56. The molecule has 0 unspecified atom stereocenters. The summed E-state index contributed by atoms with van der Waals surface area (Å²) < 4.78 is 0. The van der Waals surface area contributed by atoms with Gasteiger partial charge in [0.05, 0.1) is 36.5 Å². The molecule has 11 heavy (non-hydrogen) atoms. The molecule has 5 nitrogen and oxygen atoms in total. The van der Waals surface area contributed by atoms with Crippen molar-refractivity contribution in [3.8, 4) is 0 Å². The topological polar surface area (TPSA) is 93.0 Å². The van der Waals surface area contributed by atoms with Gasteiger partial charge in [-0.05, 0) is 0 Å². The smallest absolute Gasteiger partial charge is 0.0994 e. The molecule has 0 aromatic rings. The zero-order valence-corrected chi connectivity index (χ0v) is 5.75. The van der Waals surface area contributed by atoms with Crippen molar-refractivity contribution in [1.29, 1.82) is 0 Å². The summed E-state index contributed by atoms with van der Waals surface area (Å²) in [7, 11) is 0. The fourth-order valence-electron chi connectivity index (χ4n) is 1.87. The molecule has 0 radical (unpaired) electrons. The Morgan fingerprint density at radius 3 is 1.09 bits per heavy atom. The molecule has 2 fully saturated rings. The Morgan fingerprint density at radius 1 is 0.636 bits per heavy atom. The van der Waals surface area contributed by atoms with E-state index in [1.807, 2.05) is 0 Å². The Kier molecular flexibility index (Phi) is 1.45. The minimum atomic E-state index is -0.960. The molecule has 5 N–H and O–H groups in total. The molecule has 2 heterocycles. The van der Waals surface area contributed by atoms with Gasteiger partial charge < -0.3 is 25.7 Å². The molecule has 2 aliphatic heterocycles. The van der Waals surface area contributed by atoms with Crippen molar-refractivity contribution in [2.45, 2.75) is 36.5 Å². The second kappa shape index (κ2) is 2.15. The summed E-state index contributed by atoms with van der Waals surface area (Å²) in [5, 5.41) is 39.5. The number of rotatable bonds is 0. The maximum atomic E-state index is 9.19. The summed E-state index contributed by atoms with van der Waals surface area (Å²) in [5.74, 6) is 0. The van der Waals surface area contributed by atoms with Crippen molar-refractivity contribution in [2.75, 3.05) is 0 Å². The van der Waals surface area contributed by atoms with Crippen molar-refractivity contribution < 1.29 is 20.4 Å². The highest BCUT2D eigenvalue weighted by molar-refractivity contribution is 5.13. The highest BCUT2D eigenvalue weighted by Crippen LogP contribution is 2.29. The summed E-state index contributed by atoms with van der Waals surface area (Å²) >= 11 is 0. The standard InChI is InChI=1S/C6H11NO4/c8-3-1-4(9)6(11)2(7-1)5(3)10/h1-11H/t1?,2?,3-,4-,5+,6+. The molecule has 64 valence electrons. The van der Waals surface area contributed by atoms with Crippen LogP contribution in [0.25, 0.3) is 0 Å². The first-order chi connectivity index (χ1) is 5.13. The molecule has 2 rings (SSSR count). The molecular formula is C6H11NO4. The minimum Gasteiger partial charge on any atom is -0.389 e. The predicted molar refractivity (Wildman–Crippen MR) is 34.7 cm³/mol. The van der Waals surface area contributed by atoms with Crippen molar-refractivity contribution in [2.24, 2.45) is 0 Å². The second-order valence-corrected chi connectivity index (χ2v) is 3.18. The van der Waals surface area contributed by atoms with E-state index in [1.165, 1.54) is 0 Å². The Labute approximate surface area is 63.3 Å². The van der Waals surface area contributed by atoms with Crippen molar-refractivity contribution >= 4 is 0 Å². The largest absolute Gasteiger partial charge is 0.389 e. The molecule has 0 spiro atoms. The van der Waals surface area contributed by atoms with E-state index in [-0.39, 0.29) is 0 Å². The molecule has 0 amide bonds. The normalized spacial score (nSPS) is 62.2. The Morgan fingerprint density at radius 2 is 0.909 bits per heavy atom. The van der Waals surface area contributed by atoms with Crippen LogP contribution in [0.3, 0.4) is 0 Å². The van der Waals surface area contributed by atoms with Crippen LogP contribution in [0.5, 0.6) is 0 Å². The number of nitrogens with one attached hydrogen (secondary N) is 1. The van der Waals surface area contributed by atoms with Gasteiger partial charge in [-0.1, -0.05) is 0 Å². The van der Waals surface area contributed by atoms with Crippen LogP contribution in [-0.2, 0) is 0 Å². The van der Waals surface area contributed by atoms with Gasteiger partial charge in [-0.15, -0.1) is 0 Å². The lowest BCUT2D eigenvalue weighted by Crippen LogP contribution is -2.52. The molecule has 0 saturated carbocycles. The summed E-state index contributed by atoms with van der Waals surface area (Å²) in [6.07, 6.45) is -3.84. The first kappa shape index (κ1) is 7.45. The molecule has 0 aromatic heterocycles. The van der Waals surface area contributed by atoms with E-state index in [4.69, 9.17) is 0 Å². The molecule has 0 aromatic carbocycles. The van der Waals surface area contributed by atoms with E-state index in [1.54, 1.807) is 0 Å². The van der Waals surface area contributed by atoms with Crippen molar-refractivity contribution in [1.82, 2.24) is 5.32 Å². The van der Waals surface area contributed by atoms with Crippen LogP contribution in [0.15, 0.2) is 0 Å². The summed E-state index contributed by atoms with van der Waals surface area (Å²) in [4.78, 5) is 0. The second-order valence-electron chi connectivity index (χ2n) is 3.18. The molecule has 2 saturated heterocycles. The number of aliphatic hydroxyl groups is 4. The van der Waals surface area contributed by atoms with Crippen LogP contribution in [0.1, 0.15) is 0 Å². The highest BCUT2D eigenvalue weighted by atomic mass is 16.4. The van der Waals surface area contributed by atoms with Gasteiger partial charge in [0.25, 0.3) is 0 Å². The van der Waals surface area contributed by atoms with Gasteiger partial charge in [0, 0.05) is 0 Å².